The number of hydrogen-bond donors (Lipinski definition) is 2. The van der Waals surface area contributed by atoms with Crippen LogP contribution in [-0.2, 0) is 30.9 Å². The average Bonchev–Trinajstić information content (AvgIpc) is 3.61. The maximum atomic E-state index is 13.9. The second-order valence-electron chi connectivity index (χ2n) is 18.6. The first kappa shape index (κ1) is 46.0. The Kier molecular flexibility index (Phi) is 15.4. The number of carbonyl (C=O) groups excluding carboxylic acids is 3. The molecule has 2 aromatic heterocycles. The number of esters is 2. The number of ether oxygens (including phenoxy) is 3. The number of amides is 1. The third-order valence-corrected chi connectivity index (χ3v) is 10.4. The molecule has 1 saturated carbocycles. The predicted octanol–water partition coefficient (Wildman–Crippen LogP) is 9.40. The van der Waals surface area contributed by atoms with E-state index >= 15 is 0 Å². The van der Waals surface area contributed by atoms with Gasteiger partial charge in [0.25, 0.3) is 5.69 Å². The number of carbonyl (C=O) groups is 3. The van der Waals surface area contributed by atoms with Gasteiger partial charge in [-0.15, -0.1) is 0 Å². The monoisotopic (exact) mass is 778 g/mol. The van der Waals surface area contributed by atoms with Crippen molar-refractivity contribution >= 4 is 29.4 Å². The summed E-state index contributed by atoms with van der Waals surface area (Å²) in [6, 6.07) is 8.17. The van der Waals surface area contributed by atoms with Crippen LogP contribution in [0.1, 0.15) is 121 Å². The van der Waals surface area contributed by atoms with Gasteiger partial charge in [-0.2, -0.15) is 0 Å². The highest BCUT2D eigenvalue weighted by molar-refractivity contribution is 5.85. The summed E-state index contributed by atoms with van der Waals surface area (Å²) in [6.45, 7) is 36.9. The SMILES string of the molecule is CC(C)O.[C-]#[N+]c1c(CC2C(C(C)(C)C)CC(C)CC2C(C)(C)C)c2nc(-c3ccc(C(C)(C)C)cc3)[nH]n2c1OC(=O)N(CC(=O)OCC)CC(=O)OCC. The molecule has 4 rings (SSSR count). The summed E-state index contributed by atoms with van der Waals surface area (Å²) in [5, 5.41) is 11.4. The molecule has 2 N–H and O–H groups in total. The lowest BCUT2D eigenvalue weighted by atomic mass is 9.54. The maximum Gasteiger partial charge on any atom is 0.416 e. The van der Waals surface area contributed by atoms with Gasteiger partial charge in [-0.25, -0.2) is 19.1 Å². The van der Waals surface area contributed by atoms with Crippen LogP contribution in [0, 0.1) is 41.1 Å². The minimum atomic E-state index is -0.991. The molecular formula is C44H67N5O7. The van der Waals surface area contributed by atoms with Crippen LogP contribution in [0.3, 0.4) is 0 Å². The molecule has 1 amide bonds. The van der Waals surface area contributed by atoms with E-state index in [1.807, 2.05) is 12.1 Å². The van der Waals surface area contributed by atoms with Gasteiger partial charge in [0.1, 0.15) is 18.7 Å². The quantitative estimate of drug-likeness (QED) is 0.153. The van der Waals surface area contributed by atoms with Crippen LogP contribution < -0.4 is 4.74 Å². The smallest absolute Gasteiger partial charge is 0.416 e. The van der Waals surface area contributed by atoms with Crippen LogP contribution in [0.4, 0.5) is 10.5 Å². The minimum Gasteiger partial charge on any atom is -0.465 e. The van der Waals surface area contributed by atoms with Crippen molar-refractivity contribution in [3.05, 3.63) is 46.8 Å². The van der Waals surface area contributed by atoms with Crippen LogP contribution in [0.2, 0.25) is 0 Å². The van der Waals surface area contributed by atoms with E-state index in [0.717, 1.165) is 23.3 Å². The maximum absolute atomic E-state index is 13.9. The summed E-state index contributed by atoms with van der Waals surface area (Å²) >= 11 is 0. The van der Waals surface area contributed by atoms with Crippen LogP contribution in [0.5, 0.6) is 5.88 Å². The van der Waals surface area contributed by atoms with Gasteiger partial charge in [0.05, 0.1) is 19.8 Å². The Labute approximate surface area is 334 Å². The number of aliphatic hydroxyl groups is 1. The molecule has 12 heteroatoms. The number of nitrogens with zero attached hydrogens (tertiary/aromatic N) is 4. The molecule has 1 aliphatic rings. The van der Waals surface area contributed by atoms with E-state index in [1.54, 1.807) is 32.2 Å². The van der Waals surface area contributed by atoms with Crippen molar-refractivity contribution in [1.29, 1.82) is 0 Å². The van der Waals surface area contributed by atoms with Crippen LogP contribution in [0.15, 0.2) is 24.3 Å². The number of aromatic amines is 1. The molecule has 2 heterocycles. The first-order chi connectivity index (χ1) is 25.9. The summed E-state index contributed by atoms with van der Waals surface area (Å²) in [5.74, 6) is 0.626. The molecule has 56 heavy (non-hydrogen) atoms. The van der Waals surface area contributed by atoms with Crippen LogP contribution in [-0.4, -0.2) is 75.0 Å². The van der Waals surface area contributed by atoms with Crippen molar-refractivity contribution < 1.29 is 33.7 Å². The van der Waals surface area contributed by atoms with E-state index in [0.29, 0.717) is 41.2 Å². The van der Waals surface area contributed by atoms with Crippen molar-refractivity contribution in [2.24, 2.45) is 34.5 Å². The summed E-state index contributed by atoms with van der Waals surface area (Å²) < 4.78 is 17.7. The number of rotatable bonds is 10. The van der Waals surface area contributed by atoms with E-state index in [4.69, 9.17) is 30.9 Å². The first-order valence-electron chi connectivity index (χ1n) is 20.0. The molecule has 0 aliphatic heterocycles. The number of H-pyrrole nitrogens is 1. The Hall–Kier alpha value is -4.37. The Bertz CT molecular complexity index is 1780. The lowest BCUT2D eigenvalue weighted by Gasteiger charge is -2.51. The zero-order valence-corrected chi connectivity index (χ0v) is 36.3. The normalized spacial score (nSPS) is 18.8. The highest BCUT2D eigenvalue weighted by Crippen LogP contribution is 2.54. The molecule has 1 fully saturated rings. The van der Waals surface area contributed by atoms with Gasteiger partial charge in [-0.05, 0) is 92.4 Å². The Morgan fingerprint density at radius 1 is 0.929 bits per heavy atom. The predicted molar refractivity (Wildman–Crippen MR) is 220 cm³/mol. The van der Waals surface area contributed by atoms with Crippen LogP contribution in [0.25, 0.3) is 21.9 Å². The van der Waals surface area contributed by atoms with Gasteiger partial charge < -0.3 is 19.3 Å². The fourth-order valence-corrected chi connectivity index (χ4v) is 7.85. The number of nitrogens with one attached hydrogen (secondary N) is 1. The van der Waals surface area contributed by atoms with Gasteiger partial charge in [0.15, 0.2) is 5.82 Å². The molecule has 0 radical (unpaired) electrons. The highest BCUT2D eigenvalue weighted by atomic mass is 16.6. The fourth-order valence-electron chi connectivity index (χ4n) is 7.85. The number of fused-ring (bicyclic) bond motifs is 1. The zero-order chi connectivity index (χ0) is 42.3. The molecule has 0 spiro atoms. The van der Waals surface area contributed by atoms with Crippen molar-refractivity contribution in [3.8, 4) is 17.3 Å². The molecule has 2 atom stereocenters. The number of hydrogen-bond acceptors (Lipinski definition) is 8. The molecule has 12 nitrogen and oxygen atoms in total. The van der Waals surface area contributed by atoms with Crippen molar-refractivity contribution in [3.63, 3.8) is 0 Å². The lowest BCUT2D eigenvalue weighted by Crippen LogP contribution is -2.44. The standard InChI is InChI=1S/C41H59N5O6.C3H8O/c1-14-50-32(47)23-45(24-33(48)51-15-2)38(49)52-37-34(42-13)29(22-28-30(40(7,8)9)20-25(3)21-31(28)41(10,11)12)36-43-35(44-46(36)37)26-16-18-27(19-17-26)39(4,5)6;1-3(2)4/h16-19,25,28,30-31H,14-15,20-24H2,1-12H3,(H,43,44);3-4H,1-2H3. The molecule has 0 bridgehead atoms. The summed E-state index contributed by atoms with van der Waals surface area (Å²) in [7, 11) is 0. The zero-order valence-electron chi connectivity index (χ0n) is 36.3. The Morgan fingerprint density at radius 2 is 1.41 bits per heavy atom. The third kappa shape index (κ3) is 11.8. The van der Waals surface area contributed by atoms with Crippen molar-refractivity contribution in [1.82, 2.24) is 19.5 Å². The Morgan fingerprint density at radius 3 is 1.82 bits per heavy atom. The van der Waals surface area contributed by atoms with E-state index in [-0.39, 0.29) is 53.0 Å². The molecule has 310 valence electrons. The number of benzene rings is 1. The second kappa shape index (κ2) is 18.7. The van der Waals surface area contributed by atoms with E-state index < -0.39 is 31.1 Å². The Balaban J connectivity index is 0.00000200. The van der Waals surface area contributed by atoms with Gasteiger partial charge >= 0.3 is 18.0 Å². The van der Waals surface area contributed by atoms with E-state index in [9.17, 15) is 14.4 Å². The topological polar surface area (TPSA) is 140 Å². The third-order valence-electron chi connectivity index (χ3n) is 10.4. The summed E-state index contributed by atoms with van der Waals surface area (Å²) in [6.07, 6.45) is 1.57. The lowest BCUT2D eigenvalue weighted by molar-refractivity contribution is -0.147. The molecule has 2 unspecified atom stereocenters. The molecule has 1 aromatic carbocycles. The summed E-state index contributed by atoms with van der Waals surface area (Å²) in [5.41, 5.74) is 3.40. The number of aliphatic hydroxyl groups excluding tert-OH is 1. The average molecular weight is 778 g/mol. The summed E-state index contributed by atoms with van der Waals surface area (Å²) in [4.78, 5) is 48.8. The second-order valence-corrected chi connectivity index (χ2v) is 18.6. The molecule has 1 aliphatic carbocycles. The van der Waals surface area contributed by atoms with E-state index in [2.05, 4.69) is 91.3 Å². The van der Waals surface area contributed by atoms with Gasteiger partial charge in [-0.1, -0.05) is 93.5 Å². The molecule has 3 aromatic rings. The van der Waals surface area contributed by atoms with E-state index in [1.165, 1.54) is 5.56 Å². The van der Waals surface area contributed by atoms with Crippen LogP contribution >= 0.6 is 0 Å². The number of aromatic nitrogens is 3. The van der Waals surface area contributed by atoms with Gasteiger partial charge in [0, 0.05) is 17.2 Å². The molecule has 0 saturated heterocycles. The van der Waals surface area contributed by atoms with Gasteiger partial charge in [-0.3, -0.25) is 19.6 Å². The van der Waals surface area contributed by atoms with Crippen molar-refractivity contribution in [2.45, 2.75) is 128 Å². The largest absolute Gasteiger partial charge is 0.465 e. The first-order valence-corrected chi connectivity index (χ1v) is 20.0. The minimum absolute atomic E-state index is 0.0154. The molecular weight excluding hydrogens is 711 g/mol. The van der Waals surface area contributed by atoms with Gasteiger partial charge in [0.2, 0.25) is 5.88 Å². The fraction of sp³-hybridized carbons (Fsp3) is 0.659. The highest BCUT2D eigenvalue weighted by Gasteiger charge is 2.46. The van der Waals surface area contributed by atoms with Crippen molar-refractivity contribution in [2.75, 3.05) is 26.3 Å².